The Bertz CT molecular complexity index is 321. The third-order valence-corrected chi connectivity index (χ3v) is 5.54. The maximum absolute atomic E-state index is 12.4. The van der Waals surface area contributed by atoms with Gasteiger partial charge in [-0.3, -0.25) is 0 Å². The molecule has 0 radical (unpaired) electrons. The van der Waals surface area contributed by atoms with Gasteiger partial charge in [0.2, 0.25) is 10.0 Å². The molecule has 18 heavy (non-hydrogen) atoms. The minimum absolute atomic E-state index is 0.0937. The molecule has 0 saturated heterocycles. The van der Waals surface area contributed by atoms with Crippen LogP contribution in [-0.4, -0.2) is 30.6 Å². The van der Waals surface area contributed by atoms with Gasteiger partial charge in [-0.25, -0.2) is 8.42 Å². The Morgan fingerprint density at radius 3 is 1.72 bits per heavy atom. The van der Waals surface area contributed by atoms with Crippen LogP contribution in [0.4, 0.5) is 0 Å². The van der Waals surface area contributed by atoms with Gasteiger partial charge in [-0.2, -0.15) is 4.31 Å². The summed E-state index contributed by atoms with van der Waals surface area (Å²) in [5.41, 5.74) is 0. The smallest absolute Gasteiger partial charge is 0.212 e. The highest BCUT2D eigenvalue weighted by Gasteiger charge is 2.30. The molecule has 0 spiro atoms. The second kappa shape index (κ2) is 7.49. The molecule has 0 amide bonds. The Morgan fingerprint density at radius 2 is 1.39 bits per heavy atom. The molecule has 0 aromatic heterocycles. The third kappa shape index (κ3) is 5.70. The van der Waals surface area contributed by atoms with Gasteiger partial charge in [0.25, 0.3) is 0 Å². The summed E-state index contributed by atoms with van der Waals surface area (Å²) in [4.78, 5) is 0. The summed E-state index contributed by atoms with van der Waals surface area (Å²) in [6.07, 6.45) is 1.85. The second-order valence-corrected chi connectivity index (χ2v) is 8.81. The first-order valence-corrected chi connectivity index (χ1v) is 8.60. The van der Waals surface area contributed by atoms with Crippen LogP contribution in [0.1, 0.15) is 61.3 Å². The zero-order valence-electron chi connectivity index (χ0n) is 13.1. The standard InChI is InChI=1S/C14H31NO2S/c1-11(2)8-9-15(14(7)10-12(3)4)18(16,17)13(5)6/h11-14H,8-10H2,1-7H3. The number of sulfonamides is 1. The van der Waals surface area contributed by atoms with Crippen molar-refractivity contribution in [3.8, 4) is 0 Å². The molecule has 110 valence electrons. The van der Waals surface area contributed by atoms with Gasteiger partial charge >= 0.3 is 0 Å². The lowest BCUT2D eigenvalue weighted by Gasteiger charge is -2.31. The maximum Gasteiger partial charge on any atom is 0.216 e. The van der Waals surface area contributed by atoms with E-state index in [9.17, 15) is 8.42 Å². The van der Waals surface area contributed by atoms with Crippen LogP contribution in [-0.2, 0) is 10.0 Å². The second-order valence-electron chi connectivity index (χ2n) is 6.37. The van der Waals surface area contributed by atoms with Crippen LogP contribution in [0.5, 0.6) is 0 Å². The average Bonchev–Trinajstić information content (AvgIpc) is 2.15. The van der Waals surface area contributed by atoms with Crippen LogP contribution < -0.4 is 0 Å². The highest BCUT2D eigenvalue weighted by Crippen LogP contribution is 2.19. The van der Waals surface area contributed by atoms with Crippen molar-refractivity contribution >= 4 is 10.0 Å². The van der Waals surface area contributed by atoms with Gasteiger partial charge in [-0.05, 0) is 45.4 Å². The average molecular weight is 277 g/mol. The molecule has 3 nitrogen and oxygen atoms in total. The van der Waals surface area contributed by atoms with Crippen molar-refractivity contribution in [2.75, 3.05) is 6.54 Å². The monoisotopic (exact) mass is 277 g/mol. The zero-order valence-corrected chi connectivity index (χ0v) is 13.9. The summed E-state index contributed by atoms with van der Waals surface area (Å²) >= 11 is 0. The lowest BCUT2D eigenvalue weighted by molar-refractivity contribution is 0.281. The van der Waals surface area contributed by atoms with Crippen LogP contribution in [0.25, 0.3) is 0 Å². The van der Waals surface area contributed by atoms with E-state index in [1.54, 1.807) is 18.2 Å². The Hall–Kier alpha value is -0.0900. The van der Waals surface area contributed by atoms with E-state index in [0.29, 0.717) is 18.4 Å². The zero-order chi connectivity index (χ0) is 14.5. The van der Waals surface area contributed by atoms with Crippen LogP contribution in [0.15, 0.2) is 0 Å². The molecule has 0 fully saturated rings. The molecule has 0 bridgehead atoms. The van der Waals surface area contributed by atoms with Gasteiger partial charge < -0.3 is 0 Å². The van der Waals surface area contributed by atoms with E-state index in [4.69, 9.17) is 0 Å². The van der Waals surface area contributed by atoms with E-state index in [1.807, 2.05) is 6.92 Å². The Labute approximate surface area is 114 Å². The van der Waals surface area contributed by atoms with Crippen molar-refractivity contribution in [1.29, 1.82) is 0 Å². The number of nitrogens with zero attached hydrogens (tertiary/aromatic N) is 1. The first-order valence-electron chi connectivity index (χ1n) is 7.09. The van der Waals surface area contributed by atoms with E-state index in [2.05, 4.69) is 27.7 Å². The Morgan fingerprint density at radius 1 is 0.889 bits per heavy atom. The van der Waals surface area contributed by atoms with Gasteiger partial charge in [0.05, 0.1) is 5.25 Å². The molecule has 0 rings (SSSR count). The van der Waals surface area contributed by atoms with Crippen molar-refractivity contribution in [2.24, 2.45) is 11.8 Å². The fourth-order valence-corrected chi connectivity index (χ4v) is 3.54. The van der Waals surface area contributed by atoms with Crippen molar-refractivity contribution < 1.29 is 8.42 Å². The first kappa shape index (κ1) is 17.9. The summed E-state index contributed by atoms with van der Waals surface area (Å²) in [7, 11) is -3.15. The molecule has 0 aromatic rings. The van der Waals surface area contributed by atoms with Crippen molar-refractivity contribution in [3.63, 3.8) is 0 Å². The van der Waals surface area contributed by atoms with Crippen LogP contribution in [0.2, 0.25) is 0 Å². The molecule has 1 unspecified atom stereocenters. The minimum atomic E-state index is -3.15. The van der Waals surface area contributed by atoms with E-state index in [1.165, 1.54) is 0 Å². The molecule has 4 heteroatoms. The van der Waals surface area contributed by atoms with Crippen molar-refractivity contribution in [2.45, 2.75) is 72.6 Å². The van der Waals surface area contributed by atoms with Gasteiger partial charge in [0, 0.05) is 12.6 Å². The van der Waals surface area contributed by atoms with E-state index < -0.39 is 10.0 Å². The molecule has 0 aromatic carbocycles. The highest BCUT2D eigenvalue weighted by atomic mass is 32.2. The Balaban J connectivity index is 4.93. The summed E-state index contributed by atoms with van der Waals surface area (Å²) < 4.78 is 26.5. The van der Waals surface area contributed by atoms with Crippen LogP contribution in [0.3, 0.4) is 0 Å². The molecule has 0 aliphatic rings. The molecule has 0 aliphatic heterocycles. The van der Waals surface area contributed by atoms with Crippen LogP contribution in [0, 0.1) is 11.8 Å². The lowest BCUT2D eigenvalue weighted by atomic mass is 10.0. The minimum Gasteiger partial charge on any atom is -0.212 e. The molecule has 0 heterocycles. The largest absolute Gasteiger partial charge is 0.216 e. The topological polar surface area (TPSA) is 37.4 Å². The van der Waals surface area contributed by atoms with E-state index in [0.717, 1.165) is 12.8 Å². The number of hydrogen-bond donors (Lipinski definition) is 0. The summed E-state index contributed by atoms with van der Waals surface area (Å²) in [6.45, 7) is 14.7. The highest BCUT2D eigenvalue weighted by molar-refractivity contribution is 7.89. The first-order chi connectivity index (χ1) is 8.09. The van der Waals surface area contributed by atoms with E-state index >= 15 is 0 Å². The van der Waals surface area contributed by atoms with Gasteiger partial charge in [-0.1, -0.05) is 27.7 Å². The van der Waals surface area contributed by atoms with Crippen molar-refractivity contribution in [3.05, 3.63) is 0 Å². The lowest BCUT2D eigenvalue weighted by Crippen LogP contribution is -2.43. The quantitative estimate of drug-likeness (QED) is 0.681. The summed E-state index contributed by atoms with van der Waals surface area (Å²) in [5.74, 6) is 1.05. The van der Waals surface area contributed by atoms with Crippen molar-refractivity contribution in [1.82, 2.24) is 4.31 Å². The van der Waals surface area contributed by atoms with Gasteiger partial charge in [-0.15, -0.1) is 0 Å². The molecular formula is C14H31NO2S. The van der Waals surface area contributed by atoms with Gasteiger partial charge in [0.15, 0.2) is 0 Å². The summed E-state index contributed by atoms with van der Waals surface area (Å²) in [5, 5.41) is -0.334. The third-order valence-electron chi connectivity index (χ3n) is 3.15. The fraction of sp³-hybridized carbons (Fsp3) is 1.00. The van der Waals surface area contributed by atoms with E-state index in [-0.39, 0.29) is 11.3 Å². The maximum atomic E-state index is 12.4. The molecule has 0 N–H and O–H groups in total. The predicted molar refractivity (Wildman–Crippen MR) is 79.1 cm³/mol. The molecular weight excluding hydrogens is 246 g/mol. The number of rotatable bonds is 8. The predicted octanol–water partition coefficient (Wildman–Crippen LogP) is 3.51. The fourth-order valence-electron chi connectivity index (χ4n) is 2.05. The SMILES string of the molecule is CC(C)CCN(C(C)CC(C)C)S(=O)(=O)C(C)C. The number of hydrogen-bond acceptors (Lipinski definition) is 2. The summed E-state index contributed by atoms with van der Waals surface area (Å²) in [6, 6.07) is 0.0937. The van der Waals surface area contributed by atoms with Crippen LogP contribution >= 0.6 is 0 Å². The molecule has 0 saturated carbocycles. The Kier molecular flexibility index (Phi) is 7.45. The normalized spacial score (nSPS) is 15.1. The molecule has 1 atom stereocenters. The van der Waals surface area contributed by atoms with Gasteiger partial charge in [0.1, 0.15) is 0 Å². The molecule has 0 aliphatic carbocycles.